The van der Waals surface area contributed by atoms with Crippen LogP contribution in [-0.2, 0) is 0 Å². The van der Waals surface area contributed by atoms with Gasteiger partial charge in [-0.3, -0.25) is 0 Å². The van der Waals surface area contributed by atoms with E-state index in [4.69, 9.17) is 15.0 Å². The van der Waals surface area contributed by atoms with E-state index >= 15 is 0 Å². The first-order valence-corrected chi connectivity index (χ1v) is 17.9. The third-order valence-corrected chi connectivity index (χ3v) is 10.1. The number of rotatable bonds is 6. The highest BCUT2D eigenvalue weighted by Crippen LogP contribution is 2.42. The molecule has 0 amide bonds. The van der Waals surface area contributed by atoms with Gasteiger partial charge < -0.3 is 4.57 Å². The van der Waals surface area contributed by atoms with E-state index in [0.29, 0.717) is 17.5 Å². The normalized spacial score (nSPS) is 11.4. The van der Waals surface area contributed by atoms with Crippen molar-refractivity contribution in [1.29, 1.82) is 0 Å². The molecular formula is C49H32N4. The van der Waals surface area contributed by atoms with Crippen molar-refractivity contribution < 1.29 is 0 Å². The smallest absolute Gasteiger partial charge is 0.164 e. The molecule has 53 heavy (non-hydrogen) atoms. The van der Waals surface area contributed by atoms with Crippen LogP contribution in [0.15, 0.2) is 194 Å². The van der Waals surface area contributed by atoms with Gasteiger partial charge in [-0.05, 0) is 51.9 Å². The fourth-order valence-electron chi connectivity index (χ4n) is 7.61. The Balaban J connectivity index is 1.21. The third kappa shape index (κ3) is 5.36. The SMILES string of the molecule is c1ccc(-c2nc(-c3ccccc3)nc(-c3ccc(-c4ccccc4)c(-c4ccc(-n5c6ccccc6c6ccccc65)c5ccccc45)c3)n2)cc1. The lowest BCUT2D eigenvalue weighted by Crippen LogP contribution is -2.00. The molecule has 0 spiro atoms. The number of aromatic nitrogens is 4. The molecule has 10 rings (SSSR count). The van der Waals surface area contributed by atoms with E-state index in [1.165, 1.54) is 32.6 Å². The van der Waals surface area contributed by atoms with E-state index in [9.17, 15) is 0 Å². The summed E-state index contributed by atoms with van der Waals surface area (Å²) in [6, 6.07) is 68.2. The average Bonchev–Trinajstić information content (AvgIpc) is 3.58. The van der Waals surface area contributed by atoms with E-state index in [0.717, 1.165) is 44.6 Å². The highest BCUT2D eigenvalue weighted by molar-refractivity contribution is 6.12. The predicted octanol–water partition coefficient (Wildman–Crippen LogP) is 12.5. The van der Waals surface area contributed by atoms with Gasteiger partial charge in [0, 0.05) is 32.8 Å². The van der Waals surface area contributed by atoms with E-state index in [1.54, 1.807) is 0 Å². The Kier molecular flexibility index (Phi) is 7.43. The van der Waals surface area contributed by atoms with Crippen LogP contribution < -0.4 is 0 Å². The largest absolute Gasteiger partial charge is 0.309 e. The highest BCUT2D eigenvalue weighted by Gasteiger charge is 2.19. The van der Waals surface area contributed by atoms with Gasteiger partial charge in [0.05, 0.1) is 16.7 Å². The van der Waals surface area contributed by atoms with Crippen LogP contribution in [-0.4, -0.2) is 19.5 Å². The van der Waals surface area contributed by atoms with Gasteiger partial charge in [-0.2, -0.15) is 0 Å². The maximum absolute atomic E-state index is 5.08. The van der Waals surface area contributed by atoms with Crippen LogP contribution in [0.2, 0.25) is 0 Å². The zero-order chi connectivity index (χ0) is 35.1. The molecule has 10 aromatic rings. The molecule has 0 aliphatic carbocycles. The van der Waals surface area contributed by atoms with Crippen LogP contribution in [0.25, 0.3) is 94.7 Å². The van der Waals surface area contributed by atoms with Gasteiger partial charge in [-0.25, -0.2) is 15.0 Å². The second kappa shape index (κ2) is 12.9. The molecule has 0 bridgehead atoms. The average molecular weight is 677 g/mol. The van der Waals surface area contributed by atoms with E-state index in [2.05, 4.69) is 138 Å². The van der Waals surface area contributed by atoms with Crippen LogP contribution in [0, 0.1) is 0 Å². The molecule has 0 unspecified atom stereocenters. The van der Waals surface area contributed by atoms with Crippen molar-refractivity contribution in [2.75, 3.05) is 0 Å². The fourth-order valence-corrected chi connectivity index (χ4v) is 7.61. The fraction of sp³-hybridized carbons (Fsp3) is 0. The van der Waals surface area contributed by atoms with Gasteiger partial charge in [-0.15, -0.1) is 0 Å². The lowest BCUT2D eigenvalue weighted by molar-refractivity contribution is 1.07. The van der Waals surface area contributed by atoms with Crippen molar-refractivity contribution in [3.8, 4) is 62.1 Å². The van der Waals surface area contributed by atoms with Crippen LogP contribution in [0.1, 0.15) is 0 Å². The minimum atomic E-state index is 0.629. The number of hydrogen-bond donors (Lipinski definition) is 0. The Labute approximate surface area is 307 Å². The first-order valence-electron chi connectivity index (χ1n) is 17.9. The van der Waals surface area contributed by atoms with Gasteiger partial charge in [0.15, 0.2) is 17.5 Å². The van der Waals surface area contributed by atoms with Crippen LogP contribution in [0.5, 0.6) is 0 Å². The molecule has 248 valence electrons. The molecule has 0 saturated heterocycles. The minimum Gasteiger partial charge on any atom is -0.309 e. The van der Waals surface area contributed by atoms with Gasteiger partial charge in [0.1, 0.15) is 0 Å². The number of hydrogen-bond acceptors (Lipinski definition) is 3. The van der Waals surface area contributed by atoms with Crippen LogP contribution in [0.3, 0.4) is 0 Å². The summed E-state index contributed by atoms with van der Waals surface area (Å²) in [7, 11) is 0. The zero-order valence-electron chi connectivity index (χ0n) is 28.8. The molecule has 0 fully saturated rings. The topological polar surface area (TPSA) is 43.6 Å². The van der Waals surface area contributed by atoms with Gasteiger partial charge in [-0.1, -0.05) is 170 Å². The van der Waals surface area contributed by atoms with Gasteiger partial charge >= 0.3 is 0 Å². The lowest BCUT2D eigenvalue weighted by Gasteiger charge is -2.18. The number of para-hydroxylation sites is 2. The Morgan fingerprint density at radius 1 is 0.283 bits per heavy atom. The summed E-state index contributed by atoms with van der Waals surface area (Å²) in [5.74, 6) is 1.91. The molecule has 2 aromatic heterocycles. The van der Waals surface area contributed by atoms with Gasteiger partial charge in [0.25, 0.3) is 0 Å². The summed E-state index contributed by atoms with van der Waals surface area (Å²) >= 11 is 0. The van der Waals surface area contributed by atoms with E-state index in [1.807, 2.05) is 60.7 Å². The second-order valence-corrected chi connectivity index (χ2v) is 13.2. The Morgan fingerprint density at radius 2 is 0.717 bits per heavy atom. The second-order valence-electron chi connectivity index (χ2n) is 13.2. The Hall–Kier alpha value is -7.17. The quantitative estimate of drug-likeness (QED) is 0.176. The minimum absolute atomic E-state index is 0.629. The number of nitrogens with zero attached hydrogens (tertiary/aromatic N) is 4. The molecule has 4 nitrogen and oxygen atoms in total. The van der Waals surface area contributed by atoms with Crippen molar-refractivity contribution >= 4 is 32.6 Å². The Bertz CT molecular complexity index is 2820. The lowest BCUT2D eigenvalue weighted by atomic mass is 9.89. The standard InChI is InChI=1S/C49H32N4/c1-4-16-33(17-5-1)37-29-28-36(49-51-47(34-18-6-2-7-19-34)50-48(52-49)35-20-8-3-9-21-35)32-43(37)39-30-31-46(40-23-11-10-22-38(39)40)53-44-26-14-12-24-41(44)42-25-13-15-27-45(42)53/h1-32H. The molecule has 2 heterocycles. The Morgan fingerprint density at radius 3 is 1.28 bits per heavy atom. The van der Waals surface area contributed by atoms with Crippen molar-refractivity contribution in [3.05, 3.63) is 194 Å². The van der Waals surface area contributed by atoms with E-state index < -0.39 is 0 Å². The maximum atomic E-state index is 5.08. The van der Waals surface area contributed by atoms with Crippen molar-refractivity contribution in [3.63, 3.8) is 0 Å². The first-order chi connectivity index (χ1) is 26.3. The molecule has 0 radical (unpaired) electrons. The summed E-state index contributed by atoms with van der Waals surface area (Å²) in [5.41, 5.74) is 10.9. The van der Waals surface area contributed by atoms with Crippen molar-refractivity contribution in [2.45, 2.75) is 0 Å². The van der Waals surface area contributed by atoms with Crippen molar-refractivity contribution in [1.82, 2.24) is 19.5 Å². The van der Waals surface area contributed by atoms with Crippen LogP contribution in [0.4, 0.5) is 0 Å². The van der Waals surface area contributed by atoms with Gasteiger partial charge in [0.2, 0.25) is 0 Å². The van der Waals surface area contributed by atoms with Crippen LogP contribution >= 0.6 is 0 Å². The summed E-state index contributed by atoms with van der Waals surface area (Å²) in [6.07, 6.45) is 0. The highest BCUT2D eigenvalue weighted by atomic mass is 15.0. The summed E-state index contributed by atoms with van der Waals surface area (Å²) in [4.78, 5) is 15.1. The molecule has 8 aromatic carbocycles. The molecule has 0 saturated carbocycles. The number of benzene rings is 8. The monoisotopic (exact) mass is 676 g/mol. The third-order valence-electron chi connectivity index (χ3n) is 10.1. The summed E-state index contributed by atoms with van der Waals surface area (Å²) in [5, 5.41) is 4.85. The first kappa shape index (κ1) is 30.6. The molecule has 0 aliphatic heterocycles. The van der Waals surface area contributed by atoms with E-state index in [-0.39, 0.29) is 0 Å². The predicted molar refractivity (Wildman–Crippen MR) is 219 cm³/mol. The molecule has 0 N–H and O–H groups in total. The molecule has 4 heteroatoms. The van der Waals surface area contributed by atoms with Crippen molar-refractivity contribution in [2.24, 2.45) is 0 Å². The number of fused-ring (bicyclic) bond motifs is 4. The molecule has 0 aliphatic rings. The zero-order valence-corrected chi connectivity index (χ0v) is 28.8. The summed E-state index contributed by atoms with van der Waals surface area (Å²) < 4.78 is 2.41. The molecular weight excluding hydrogens is 645 g/mol. The summed E-state index contributed by atoms with van der Waals surface area (Å²) in [6.45, 7) is 0. The molecule has 0 atom stereocenters. The maximum Gasteiger partial charge on any atom is 0.164 e.